The molecule has 0 radical (unpaired) electrons. The van der Waals surface area contributed by atoms with Crippen LogP contribution < -0.4 is 9.47 Å². The summed E-state index contributed by atoms with van der Waals surface area (Å²) < 4.78 is 37.6. The zero-order chi connectivity index (χ0) is 17.9. The molecular weight excluding hydrogens is 344 g/mol. The number of ether oxygens (including phenoxy) is 2. The van der Waals surface area contributed by atoms with Gasteiger partial charge in [0.15, 0.2) is 0 Å². The summed E-state index contributed by atoms with van der Waals surface area (Å²) in [6.45, 7) is 0.507. The van der Waals surface area contributed by atoms with Crippen molar-refractivity contribution >= 4 is 10.0 Å². The normalized spacial score (nSPS) is 17.8. The average molecular weight is 360 g/mol. The van der Waals surface area contributed by atoms with Gasteiger partial charge in [-0.25, -0.2) is 18.4 Å². The van der Waals surface area contributed by atoms with Crippen LogP contribution in [0.3, 0.4) is 0 Å². The van der Waals surface area contributed by atoms with E-state index in [0.717, 1.165) is 0 Å². The third-order valence-corrected chi connectivity index (χ3v) is 5.70. The molecule has 0 bridgehead atoms. The van der Waals surface area contributed by atoms with Crippen LogP contribution >= 0.6 is 0 Å². The summed E-state index contributed by atoms with van der Waals surface area (Å²) in [4.78, 5) is 8.04. The first-order valence-corrected chi connectivity index (χ1v) is 9.00. The van der Waals surface area contributed by atoms with E-state index in [-0.39, 0.29) is 29.1 Å². The van der Waals surface area contributed by atoms with Gasteiger partial charge in [-0.3, -0.25) is 0 Å². The molecular formula is C16H16N4O4S. The highest BCUT2D eigenvalue weighted by atomic mass is 32.2. The molecule has 2 heterocycles. The number of nitrogens with zero attached hydrogens (tertiary/aromatic N) is 4. The van der Waals surface area contributed by atoms with Gasteiger partial charge in [0.05, 0.1) is 18.6 Å². The first kappa shape index (κ1) is 17.1. The largest absolute Gasteiger partial charge is 0.497 e. The Morgan fingerprint density at radius 1 is 1.32 bits per heavy atom. The maximum absolute atomic E-state index is 12.8. The van der Waals surface area contributed by atoms with Gasteiger partial charge < -0.3 is 9.47 Å². The summed E-state index contributed by atoms with van der Waals surface area (Å²) >= 11 is 0. The summed E-state index contributed by atoms with van der Waals surface area (Å²) in [6, 6.07) is 8.24. The van der Waals surface area contributed by atoms with Crippen molar-refractivity contribution in [1.29, 1.82) is 5.26 Å². The molecule has 0 aliphatic carbocycles. The number of hydrogen-bond donors (Lipinski definition) is 0. The molecule has 130 valence electrons. The second kappa shape index (κ2) is 7.04. The Morgan fingerprint density at radius 2 is 2.12 bits per heavy atom. The minimum absolute atomic E-state index is 0.0802. The monoisotopic (exact) mass is 360 g/mol. The number of sulfonamides is 1. The van der Waals surface area contributed by atoms with Crippen molar-refractivity contribution < 1.29 is 17.9 Å². The number of benzene rings is 1. The van der Waals surface area contributed by atoms with Gasteiger partial charge in [0.25, 0.3) is 5.88 Å². The van der Waals surface area contributed by atoms with E-state index in [9.17, 15) is 8.42 Å². The van der Waals surface area contributed by atoms with Gasteiger partial charge in [0.1, 0.15) is 17.9 Å². The molecule has 1 saturated heterocycles. The number of hydrogen-bond acceptors (Lipinski definition) is 7. The Bertz CT molecular complexity index is 910. The highest BCUT2D eigenvalue weighted by Gasteiger charge is 2.34. The molecule has 1 aromatic carbocycles. The van der Waals surface area contributed by atoms with Gasteiger partial charge in [0, 0.05) is 25.0 Å². The molecule has 0 saturated carbocycles. The Kier molecular flexibility index (Phi) is 4.83. The SMILES string of the molecule is COc1cccc(S(=O)(=O)N2CCC(Oc3nccnc3C#N)C2)c1. The van der Waals surface area contributed by atoms with E-state index in [1.54, 1.807) is 12.1 Å². The van der Waals surface area contributed by atoms with Crippen molar-refractivity contribution in [2.24, 2.45) is 0 Å². The van der Waals surface area contributed by atoms with Crippen LogP contribution in [0.4, 0.5) is 0 Å². The number of rotatable bonds is 5. The lowest BCUT2D eigenvalue weighted by Gasteiger charge is -2.17. The topological polar surface area (TPSA) is 105 Å². The fraction of sp³-hybridized carbons (Fsp3) is 0.312. The molecule has 9 heteroatoms. The molecule has 8 nitrogen and oxygen atoms in total. The van der Waals surface area contributed by atoms with Crippen molar-refractivity contribution in [1.82, 2.24) is 14.3 Å². The van der Waals surface area contributed by atoms with Gasteiger partial charge in [-0.15, -0.1) is 0 Å². The first-order valence-electron chi connectivity index (χ1n) is 7.56. The zero-order valence-corrected chi connectivity index (χ0v) is 14.3. The minimum Gasteiger partial charge on any atom is -0.497 e. The molecule has 1 fully saturated rings. The Labute approximate surface area is 145 Å². The Morgan fingerprint density at radius 3 is 2.88 bits per heavy atom. The smallest absolute Gasteiger partial charge is 0.251 e. The molecule has 1 aliphatic heterocycles. The van der Waals surface area contributed by atoms with Crippen molar-refractivity contribution in [2.45, 2.75) is 17.4 Å². The first-order chi connectivity index (χ1) is 12.0. The van der Waals surface area contributed by atoms with E-state index in [0.29, 0.717) is 18.7 Å². The highest BCUT2D eigenvalue weighted by Crippen LogP contribution is 2.26. The second-order valence-electron chi connectivity index (χ2n) is 5.39. The van der Waals surface area contributed by atoms with E-state index in [1.807, 2.05) is 6.07 Å². The number of nitriles is 1. The van der Waals surface area contributed by atoms with Crippen molar-refractivity contribution in [2.75, 3.05) is 20.2 Å². The van der Waals surface area contributed by atoms with E-state index in [1.165, 1.54) is 35.9 Å². The van der Waals surface area contributed by atoms with Crippen molar-refractivity contribution in [3.63, 3.8) is 0 Å². The molecule has 2 aromatic rings. The van der Waals surface area contributed by atoms with Gasteiger partial charge in [-0.05, 0) is 18.6 Å². The Balaban J connectivity index is 1.75. The molecule has 0 amide bonds. The molecule has 0 N–H and O–H groups in total. The lowest BCUT2D eigenvalue weighted by molar-refractivity contribution is 0.205. The van der Waals surface area contributed by atoms with Crippen LogP contribution in [0.5, 0.6) is 11.6 Å². The van der Waals surface area contributed by atoms with E-state index in [2.05, 4.69) is 9.97 Å². The van der Waals surface area contributed by atoms with Crippen LogP contribution in [0.1, 0.15) is 12.1 Å². The fourth-order valence-electron chi connectivity index (χ4n) is 2.57. The van der Waals surface area contributed by atoms with Gasteiger partial charge >= 0.3 is 0 Å². The molecule has 1 atom stereocenters. The molecule has 3 rings (SSSR count). The molecule has 0 spiro atoms. The summed E-state index contributed by atoms with van der Waals surface area (Å²) in [5.74, 6) is 0.599. The average Bonchev–Trinajstić information content (AvgIpc) is 3.11. The fourth-order valence-corrected chi connectivity index (χ4v) is 4.09. The molecule has 25 heavy (non-hydrogen) atoms. The van der Waals surface area contributed by atoms with Crippen LogP contribution in [-0.2, 0) is 10.0 Å². The van der Waals surface area contributed by atoms with Crippen LogP contribution in [0.2, 0.25) is 0 Å². The van der Waals surface area contributed by atoms with Crippen molar-refractivity contribution in [3.05, 3.63) is 42.4 Å². The van der Waals surface area contributed by atoms with Gasteiger partial charge in [-0.1, -0.05) is 6.07 Å². The third-order valence-electron chi connectivity index (χ3n) is 3.84. The highest BCUT2D eigenvalue weighted by molar-refractivity contribution is 7.89. The van der Waals surface area contributed by atoms with Crippen molar-refractivity contribution in [3.8, 4) is 17.7 Å². The van der Waals surface area contributed by atoms with Crippen LogP contribution in [0, 0.1) is 11.3 Å². The maximum Gasteiger partial charge on any atom is 0.251 e. The van der Waals surface area contributed by atoms with Gasteiger partial charge in [-0.2, -0.15) is 9.57 Å². The molecule has 1 aliphatic rings. The predicted octanol–water partition coefficient (Wildman–Crippen LogP) is 1.20. The second-order valence-corrected chi connectivity index (χ2v) is 7.33. The van der Waals surface area contributed by atoms with Crippen LogP contribution in [0.15, 0.2) is 41.6 Å². The lowest BCUT2D eigenvalue weighted by atomic mass is 10.3. The predicted molar refractivity (Wildman–Crippen MR) is 87.5 cm³/mol. The number of aromatic nitrogens is 2. The standard InChI is InChI=1S/C16H16N4O4S/c1-23-12-3-2-4-14(9-12)25(21,22)20-8-5-13(11-20)24-16-15(10-17)18-6-7-19-16/h2-4,6-7,9,13H,5,8,11H2,1H3. The summed E-state index contributed by atoms with van der Waals surface area (Å²) in [7, 11) is -2.15. The Hall–Kier alpha value is -2.70. The van der Waals surface area contributed by atoms with Crippen LogP contribution in [-0.4, -0.2) is 49.0 Å². The summed E-state index contributed by atoms with van der Waals surface area (Å²) in [5, 5.41) is 9.02. The third kappa shape index (κ3) is 3.55. The number of methoxy groups -OCH3 is 1. The van der Waals surface area contributed by atoms with E-state index >= 15 is 0 Å². The lowest BCUT2D eigenvalue weighted by Crippen LogP contribution is -2.31. The quantitative estimate of drug-likeness (QED) is 0.789. The maximum atomic E-state index is 12.8. The molecule has 1 aromatic heterocycles. The minimum atomic E-state index is -3.64. The summed E-state index contributed by atoms with van der Waals surface area (Å²) in [5.41, 5.74) is 0.0802. The van der Waals surface area contributed by atoms with Crippen LogP contribution in [0.25, 0.3) is 0 Å². The zero-order valence-electron chi connectivity index (χ0n) is 13.5. The summed E-state index contributed by atoms with van der Waals surface area (Å²) in [6.07, 6.45) is 2.95. The van der Waals surface area contributed by atoms with E-state index < -0.39 is 10.0 Å². The van der Waals surface area contributed by atoms with E-state index in [4.69, 9.17) is 14.7 Å². The molecule has 1 unspecified atom stereocenters. The van der Waals surface area contributed by atoms with Gasteiger partial charge in [0.2, 0.25) is 15.7 Å².